The van der Waals surface area contributed by atoms with Crippen molar-refractivity contribution in [2.75, 3.05) is 13.1 Å². The highest BCUT2D eigenvalue weighted by Crippen LogP contribution is 2.17. The van der Waals surface area contributed by atoms with E-state index in [2.05, 4.69) is 9.97 Å². The van der Waals surface area contributed by atoms with Gasteiger partial charge in [-0.1, -0.05) is 0 Å². The van der Waals surface area contributed by atoms with Gasteiger partial charge in [-0.15, -0.1) is 0 Å². The predicted molar refractivity (Wildman–Crippen MR) is 52.8 cm³/mol. The summed E-state index contributed by atoms with van der Waals surface area (Å²) in [5, 5.41) is 0.853. The van der Waals surface area contributed by atoms with Gasteiger partial charge < -0.3 is 9.88 Å². The van der Waals surface area contributed by atoms with E-state index in [-0.39, 0.29) is 5.24 Å². The minimum absolute atomic E-state index is 0.0641. The van der Waals surface area contributed by atoms with E-state index in [9.17, 15) is 4.79 Å². The Hall–Kier alpha value is -0.970. The number of nitrogens with one attached hydrogen (secondary N) is 1. The van der Waals surface area contributed by atoms with Gasteiger partial charge in [0.2, 0.25) is 0 Å². The Kier molecular flexibility index (Phi) is 3.82. The van der Waals surface area contributed by atoms with Gasteiger partial charge in [0.1, 0.15) is 5.03 Å². The molecule has 4 nitrogen and oxygen atoms in total. The normalized spacial score (nSPS) is 10.0. The van der Waals surface area contributed by atoms with Crippen LogP contribution >= 0.6 is 11.8 Å². The van der Waals surface area contributed by atoms with Crippen molar-refractivity contribution in [1.82, 2.24) is 14.9 Å². The van der Waals surface area contributed by atoms with Crippen molar-refractivity contribution < 1.29 is 4.79 Å². The lowest BCUT2D eigenvalue weighted by molar-refractivity contribution is 0.228. The van der Waals surface area contributed by atoms with Crippen molar-refractivity contribution in [1.29, 1.82) is 0 Å². The second-order valence-electron chi connectivity index (χ2n) is 2.46. The number of aromatic amines is 1. The number of carbonyl (C=O) groups is 1. The minimum atomic E-state index is 0.0641. The first-order chi connectivity index (χ1) is 6.27. The molecule has 0 fully saturated rings. The molecule has 1 aromatic heterocycles. The van der Waals surface area contributed by atoms with E-state index in [4.69, 9.17) is 0 Å². The van der Waals surface area contributed by atoms with E-state index in [0.29, 0.717) is 0 Å². The molecule has 1 amide bonds. The maximum atomic E-state index is 11.5. The monoisotopic (exact) mass is 199 g/mol. The zero-order valence-electron chi connectivity index (χ0n) is 7.78. The van der Waals surface area contributed by atoms with Crippen LogP contribution in [0.15, 0.2) is 17.6 Å². The molecule has 0 saturated heterocycles. The number of hydrogen-bond donors (Lipinski definition) is 1. The summed E-state index contributed by atoms with van der Waals surface area (Å²) >= 11 is 1.18. The third kappa shape index (κ3) is 2.77. The lowest BCUT2D eigenvalue weighted by Crippen LogP contribution is -2.26. The highest BCUT2D eigenvalue weighted by atomic mass is 32.2. The van der Waals surface area contributed by atoms with E-state index in [1.54, 1.807) is 17.4 Å². The summed E-state index contributed by atoms with van der Waals surface area (Å²) in [6.45, 7) is 5.43. The molecule has 72 valence electrons. The maximum absolute atomic E-state index is 11.5. The lowest BCUT2D eigenvalue weighted by Gasteiger charge is -2.16. The van der Waals surface area contributed by atoms with Gasteiger partial charge >= 0.3 is 0 Å². The summed E-state index contributed by atoms with van der Waals surface area (Å²) < 4.78 is 0. The van der Waals surface area contributed by atoms with E-state index in [1.807, 2.05) is 13.8 Å². The Bertz CT molecular complexity index is 256. The van der Waals surface area contributed by atoms with Gasteiger partial charge in [-0.3, -0.25) is 4.79 Å². The van der Waals surface area contributed by atoms with E-state index in [0.717, 1.165) is 18.1 Å². The summed E-state index contributed by atoms with van der Waals surface area (Å²) in [6.07, 6.45) is 3.21. The SMILES string of the molecule is CCN(CC)C(=O)Sc1cnc[nH]1. The summed E-state index contributed by atoms with van der Waals surface area (Å²) in [4.78, 5) is 20.0. The lowest BCUT2D eigenvalue weighted by atomic mass is 10.6. The molecule has 5 heteroatoms. The molecule has 1 N–H and O–H groups in total. The van der Waals surface area contributed by atoms with Crippen LogP contribution in [0.3, 0.4) is 0 Å². The van der Waals surface area contributed by atoms with Crippen LogP contribution in [0.5, 0.6) is 0 Å². The topological polar surface area (TPSA) is 49.0 Å². The average molecular weight is 199 g/mol. The molecule has 0 unspecified atom stereocenters. The second-order valence-corrected chi connectivity index (χ2v) is 3.45. The molecular weight excluding hydrogens is 186 g/mol. The number of nitrogens with zero attached hydrogens (tertiary/aromatic N) is 2. The van der Waals surface area contributed by atoms with Crippen LogP contribution in [0.25, 0.3) is 0 Å². The number of carbonyl (C=O) groups excluding carboxylic acids is 1. The van der Waals surface area contributed by atoms with Crippen LogP contribution in [0.1, 0.15) is 13.8 Å². The van der Waals surface area contributed by atoms with Crippen LogP contribution in [0.4, 0.5) is 4.79 Å². The van der Waals surface area contributed by atoms with Gasteiger partial charge in [-0.2, -0.15) is 0 Å². The highest BCUT2D eigenvalue weighted by molar-refractivity contribution is 8.13. The third-order valence-corrected chi connectivity index (χ3v) is 2.57. The Balaban J connectivity index is 2.49. The molecule has 1 heterocycles. The van der Waals surface area contributed by atoms with E-state index >= 15 is 0 Å². The molecule has 13 heavy (non-hydrogen) atoms. The fourth-order valence-corrected chi connectivity index (χ4v) is 1.74. The van der Waals surface area contributed by atoms with Gasteiger partial charge in [0, 0.05) is 13.1 Å². The van der Waals surface area contributed by atoms with E-state index < -0.39 is 0 Å². The maximum Gasteiger partial charge on any atom is 0.287 e. The number of H-pyrrole nitrogens is 1. The quantitative estimate of drug-likeness (QED) is 0.757. The fraction of sp³-hybridized carbons (Fsp3) is 0.500. The molecule has 0 aliphatic carbocycles. The first-order valence-corrected chi connectivity index (χ1v) is 5.04. The molecule has 0 aromatic carbocycles. The summed E-state index contributed by atoms with van der Waals surface area (Å²) in [5.74, 6) is 0. The van der Waals surface area contributed by atoms with Gasteiger partial charge in [-0.25, -0.2) is 4.98 Å². The number of imidazole rings is 1. The van der Waals surface area contributed by atoms with Crippen LogP contribution in [0, 0.1) is 0 Å². The summed E-state index contributed by atoms with van der Waals surface area (Å²) in [7, 11) is 0. The smallest absolute Gasteiger partial charge is 0.287 e. The highest BCUT2D eigenvalue weighted by Gasteiger charge is 2.11. The zero-order chi connectivity index (χ0) is 9.68. The predicted octanol–water partition coefficient (Wildman–Crippen LogP) is 1.96. The largest absolute Gasteiger partial charge is 0.339 e. The third-order valence-electron chi connectivity index (χ3n) is 1.69. The summed E-state index contributed by atoms with van der Waals surface area (Å²) in [6, 6.07) is 0. The van der Waals surface area contributed by atoms with Crippen molar-refractivity contribution in [3.8, 4) is 0 Å². The zero-order valence-corrected chi connectivity index (χ0v) is 8.60. The number of hydrogen-bond acceptors (Lipinski definition) is 3. The molecule has 0 atom stereocenters. The number of rotatable bonds is 3. The van der Waals surface area contributed by atoms with Crippen molar-refractivity contribution in [3.63, 3.8) is 0 Å². The van der Waals surface area contributed by atoms with Crippen LogP contribution < -0.4 is 0 Å². The van der Waals surface area contributed by atoms with Crippen molar-refractivity contribution >= 4 is 17.0 Å². The first-order valence-electron chi connectivity index (χ1n) is 4.23. The van der Waals surface area contributed by atoms with Crippen LogP contribution in [0.2, 0.25) is 0 Å². The second kappa shape index (κ2) is 4.91. The Labute approximate surface area is 81.7 Å². The van der Waals surface area contributed by atoms with Crippen molar-refractivity contribution in [2.24, 2.45) is 0 Å². The molecule has 1 rings (SSSR count). The number of amides is 1. The molecule has 0 bridgehead atoms. The van der Waals surface area contributed by atoms with Crippen LogP contribution in [-0.2, 0) is 0 Å². The van der Waals surface area contributed by atoms with E-state index in [1.165, 1.54) is 11.8 Å². The first kappa shape index (κ1) is 10.1. The molecule has 0 saturated carbocycles. The summed E-state index contributed by atoms with van der Waals surface area (Å²) in [5.41, 5.74) is 0. The van der Waals surface area contributed by atoms with Gasteiger partial charge in [0.25, 0.3) is 5.24 Å². The average Bonchev–Trinajstić information content (AvgIpc) is 2.59. The van der Waals surface area contributed by atoms with Gasteiger partial charge in [-0.05, 0) is 25.6 Å². The molecule has 0 radical (unpaired) electrons. The number of aromatic nitrogens is 2. The molecule has 1 aromatic rings. The Morgan fingerprint density at radius 2 is 2.31 bits per heavy atom. The molecular formula is C8H13N3OS. The number of thioether (sulfide) groups is 1. The van der Waals surface area contributed by atoms with Gasteiger partial charge in [0.05, 0.1) is 12.5 Å². The molecule has 0 aliphatic heterocycles. The molecule has 0 aliphatic rings. The van der Waals surface area contributed by atoms with Crippen molar-refractivity contribution in [2.45, 2.75) is 18.9 Å². The fourth-order valence-electron chi connectivity index (χ4n) is 0.939. The standard InChI is InChI=1S/C8H13N3OS/c1-3-11(4-2)8(12)13-7-5-9-6-10-7/h5-6H,3-4H2,1-2H3,(H,9,10). The van der Waals surface area contributed by atoms with Crippen LogP contribution in [-0.4, -0.2) is 33.2 Å². The molecule has 0 spiro atoms. The Morgan fingerprint density at radius 1 is 1.62 bits per heavy atom. The van der Waals surface area contributed by atoms with Crippen molar-refractivity contribution in [3.05, 3.63) is 12.5 Å². The Morgan fingerprint density at radius 3 is 2.77 bits per heavy atom. The van der Waals surface area contributed by atoms with Gasteiger partial charge in [0.15, 0.2) is 0 Å². The minimum Gasteiger partial charge on any atom is -0.339 e.